The highest BCUT2D eigenvalue weighted by Crippen LogP contribution is 2.39. The monoisotopic (exact) mass is 1480 g/mol. The van der Waals surface area contributed by atoms with Gasteiger partial charge in [-0.3, -0.25) is 0 Å². The van der Waals surface area contributed by atoms with Crippen molar-refractivity contribution in [3.8, 4) is 0 Å². The van der Waals surface area contributed by atoms with Gasteiger partial charge in [-0.05, 0) is 0 Å². The Labute approximate surface area is 563 Å². The third-order valence-electron chi connectivity index (χ3n) is 18.7. The summed E-state index contributed by atoms with van der Waals surface area (Å²) in [6, 6.07) is 0. The lowest BCUT2D eigenvalue weighted by Crippen LogP contribution is -2.68. The molecule has 0 spiro atoms. The van der Waals surface area contributed by atoms with Gasteiger partial charge in [0.15, 0.2) is 56.6 Å². The fourth-order valence-corrected chi connectivity index (χ4v) is 12.7. The van der Waals surface area contributed by atoms with Gasteiger partial charge in [0, 0.05) is 0 Å². The van der Waals surface area contributed by atoms with Crippen LogP contribution in [0, 0.1) is 0 Å². The van der Waals surface area contributed by atoms with E-state index < -0.39 is 336 Å². The molecule has 100 heavy (non-hydrogen) atoms. The molecule has 0 aromatic carbocycles. The summed E-state index contributed by atoms with van der Waals surface area (Å²) in [5, 5.41) is 314. The Kier molecular flexibility index (Phi) is 29.2. The molecular weight excluding hydrogens is 1380 g/mol. The van der Waals surface area contributed by atoms with Crippen LogP contribution in [0.25, 0.3) is 0 Å². The molecule has 0 aromatic heterocycles. The van der Waals surface area contributed by atoms with Gasteiger partial charge in [0.2, 0.25) is 0 Å². The molecule has 0 aromatic rings. The van der Waals surface area contributed by atoms with Crippen LogP contribution >= 0.6 is 0 Å². The molecule has 9 heterocycles. The zero-order chi connectivity index (χ0) is 73.4. The maximum absolute atomic E-state index is 12.2. The molecule has 29 N–H and O–H groups in total. The molecule has 9 aliphatic rings. The Morgan fingerprint density at radius 1 is 0.170 bits per heavy atom. The molecule has 9 saturated heterocycles. The summed E-state index contributed by atoms with van der Waals surface area (Å²) >= 11 is 0. The van der Waals surface area contributed by atoms with Gasteiger partial charge in [-0.1, -0.05) is 0 Å². The van der Waals surface area contributed by atoms with Crippen molar-refractivity contribution in [2.45, 2.75) is 276 Å². The van der Waals surface area contributed by atoms with E-state index in [9.17, 15) is 148 Å². The molecule has 0 amide bonds. The zero-order valence-electron chi connectivity index (χ0n) is 52.3. The molecule has 9 fully saturated rings. The predicted octanol–water partition coefficient (Wildman–Crippen LogP) is -20.6. The van der Waals surface area contributed by atoms with Gasteiger partial charge in [0.1, 0.15) is 220 Å². The van der Waals surface area contributed by atoms with Crippen molar-refractivity contribution in [1.82, 2.24) is 0 Å². The number of hydrogen-bond acceptors (Lipinski definition) is 46. The van der Waals surface area contributed by atoms with Crippen molar-refractivity contribution in [2.75, 3.05) is 59.5 Å². The van der Waals surface area contributed by atoms with Crippen LogP contribution in [0.4, 0.5) is 0 Å². The van der Waals surface area contributed by atoms with E-state index in [2.05, 4.69) is 0 Å². The van der Waals surface area contributed by atoms with Gasteiger partial charge < -0.3 is 229 Å². The Hall–Kier alpha value is -1.84. The summed E-state index contributed by atoms with van der Waals surface area (Å²) in [4.78, 5) is 0. The highest BCUT2D eigenvalue weighted by Gasteiger charge is 2.60. The maximum Gasteiger partial charge on any atom is 0.187 e. The first-order valence-corrected chi connectivity index (χ1v) is 31.7. The molecule has 23 unspecified atom stereocenters. The zero-order valence-corrected chi connectivity index (χ0v) is 52.3. The van der Waals surface area contributed by atoms with Crippen LogP contribution in [-0.4, -0.2) is 484 Å². The molecule has 46 nitrogen and oxygen atoms in total. The summed E-state index contributed by atoms with van der Waals surface area (Å²) in [6.07, 6.45) is -94.6. The normalized spacial score (nSPS) is 53.7. The number of ether oxygens (including phenoxy) is 17. The number of hydrogen-bond donors (Lipinski definition) is 29. The van der Waals surface area contributed by atoms with Gasteiger partial charge in [-0.25, -0.2) is 0 Å². The van der Waals surface area contributed by atoms with E-state index in [1.54, 1.807) is 0 Å². The van der Waals surface area contributed by atoms with Gasteiger partial charge in [-0.15, -0.1) is 0 Å². The topological polar surface area (TPSA) is 744 Å². The van der Waals surface area contributed by atoms with Crippen molar-refractivity contribution < 1.29 is 229 Å². The van der Waals surface area contributed by atoms with Crippen molar-refractivity contribution >= 4 is 0 Å². The molecule has 0 radical (unpaired) electrons. The van der Waals surface area contributed by atoms with E-state index in [0.29, 0.717) is 0 Å². The predicted molar refractivity (Wildman–Crippen MR) is 297 cm³/mol. The second-order valence-electron chi connectivity index (χ2n) is 25.3. The second kappa shape index (κ2) is 35.5. The van der Waals surface area contributed by atoms with Crippen molar-refractivity contribution in [2.24, 2.45) is 0 Å². The smallest absolute Gasteiger partial charge is 0.187 e. The number of aliphatic hydroxyl groups is 29. The van der Waals surface area contributed by atoms with E-state index >= 15 is 0 Å². The lowest BCUT2D eigenvalue weighted by molar-refractivity contribution is -0.404. The summed E-state index contributed by atoms with van der Waals surface area (Å²) in [7, 11) is 0. The van der Waals surface area contributed by atoms with Gasteiger partial charge >= 0.3 is 0 Å². The second-order valence-corrected chi connectivity index (χ2v) is 25.3. The van der Waals surface area contributed by atoms with Crippen LogP contribution in [0.5, 0.6) is 0 Å². The Morgan fingerprint density at radius 3 is 0.700 bits per heavy atom. The molecule has 0 saturated carbocycles. The summed E-state index contributed by atoms with van der Waals surface area (Å²) in [5.74, 6) is 0. The first kappa shape index (κ1) is 82.2. The van der Waals surface area contributed by atoms with Crippen LogP contribution in [0.15, 0.2) is 0 Å². The Balaban J connectivity index is 0.987. The molecular formula is C54H92O46. The average molecular weight is 1480 g/mol. The van der Waals surface area contributed by atoms with E-state index in [4.69, 9.17) is 80.5 Å². The van der Waals surface area contributed by atoms with Crippen LogP contribution in [0.3, 0.4) is 0 Å². The Bertz CT molecular complexity index is 2450. The molecule has 9 aliphatic heterocycles. The fraction of sp³-hybridized carbons (Fsp3) is 1.00. The molecule has 46 heteroatoms. The lowest BCUT2D eigenvalue weighted by atomic mass is 9.95. The largest absolute Gasteiger partial charge is 0.394 e. The van der Waals surface area contributed by atoms with E-state index in [0.717, 1.165) is 0 Å². The van der Waals surface area contributed by atoms with E-state index in [-0.39, 0.29) is 0 Å². The van der Waals surface area contributed by atoms with Gasteiger partial charge in [-0.2, -0.15) is 0 Å². The quantitative estimate of drug-likeness (QED) is 0.0404. The molecule has 0 bridgehead atoms. The van der Waals surface area contributed by atoms with Crippen LogP contribution in [0.1, 0.15) is 0 Å². The first-order valence-electron chi connectivity index (χ1n) is 31.7. The minimum Gasteiger partial charge on any atom is -0.394 e. The van der Waals surface area contributed by atoms with Crippen LogP contribution < -0.4 is 0 Å². The summed E-state index contributed by atoms with van der Waals surface area (Å²) < 4.78 is 97.2. The van der Waals surface area contributed by atoms with Crippen LogP contribution in [0.2, 0.25) is 0 Å². The first-order chi connectivity index (χ1) is 47.4. The third kappa shape index (κ3) is 17.0. The minimum absolute atomic E-state index is 0.965. The molecule has 584 valence electrons. The molecule has 9 rings (SSSR count). The standard InChI is InChI=1S/C54H92O46/c55-1-10-19(62)28(71)35(78)48(87-10)97-42-31(74)22(65)13(4-58)90-51(42)85-9-18-27(70)41(96-52-43(32(75)23(66)14(5-59)91-52)98-49-36(79)29(72)20(63)11(2-56)88-49)39(82)47(94-18)84-8-17-26(69)40(38(81)46(83)86-17)95-53-45(34(77)25(68)15(6-60)92-53)100-54-44(33(76)24(67)16(7-61)93-54)99-50-37(80)30(73)21(64)12(3-57)89-50/h10-83H,1-9H2/t10?,11-,12-,13?,14-,15-,16-,17?,18?,19+,20+,21+,22+,23+,24+,25+,26+,27+,28-,29?,30?,31-,32?,33?,34?,35+,36?,37?,38+,39+,40-,41-,42+,43?,44?,45?,46?,47?,48?,49?,50?,51?,52?,53?,54?/m0/s1. The fourth-order valence-electron chi connectivity index (χ4n) is 12.7. The molecule has 45 atom stereocenters. The Morgan fingerprint density at radius 2 is 0.390 bits per heavy atom. The minimum atomic E-state index is -2.44. The highest BCUT2D eigenvalue weighted by atomic mass is 16.8. The SMILES string of the molecule is OCC1OC(O[C@H]2C(OCC3OC(OCC4OC(O)[C@H](O)[C@@H](OC5O[C@@H](CO)[C@@H](O)C(O)C5OC5O[C@@H](CO)[C@@H](O)C(O)C5OC5O[C@@H](CO)[C@@H](O)C(O)C5O)[C@@H]4O)[C@H](O)[C@@H](OC4O[C@@H](CO)[C@@H](O)C(O)C4OC4O[C@@H](CO)[C@@H](O)C(O)C4O)[C@@H]3O)OC(CO)[C@@H](O)[C@@H]2O)[C@H](O)[C@@H](O)[C@@H]1O. The maximum atomic E-state index is 12.2. The number of rotatable bonds is 25. The average Bonchev–Trinajstić information content (AvgIpc) is 0.781. The van der Waals surface area contributed by atoms with Crippen LogP contribution in [-0.2, 0) is 80.5 Å². The summed E-state index contributed by atoms with van der Waals surface area (Å²) in [5.41, 5.74) is 0. The van der Waals surface area contributed by atoms with Gasteiger partial charge in [0.05, 0.1) is 59.5 Å². The summed E-state index contributed by atoms with van der Waals surface area (Å²) in [6.45, 7) is -9.52. The van der Waals surface area contributed by atoms with E-state index in [1.807, 2.05) is 0 Å². The third-order valence-corrected chi connectivity index (χ3v) is 18.7. The molecule has 0 aliphatic carbocycles. The van der Waals surface area contributed by atoms with Crippen molar-refractivity contribution in [1.29, 1.82) is 0 Å². The van der Waals surface area contributed by atoms with Crippen molar-refractivity contribution in [3.05, 3.63) is 0 Å². The van der Waals surface area contributed by atoms with E-state index in [1.165, 1.54) is 0 Å². The van der Waals surface area contributed by atoms with Gasteiger partial charge in [0.25, 0.3) is 0 Å². The number of aliphatic hydroxyl groups excluding tert-OH is 29. The lowest BCUT2D eigenvalue weighted by Gasteiger charge is -2.50. The highest BCUT2D eigenvalue weighted by molar-refractivity contribution is 5.02. The van der Waals surface area contributed by atoms with Crippen molar-refractivity contribution in [3.63, 3.8) is 0 Å².